The Morgan fingerprint density at radius 3 is 2.00 bits per heavy atom. The van der Waals surface area contributed by atoms with Crippen LogP contribution in [0, 0.1) is 11.3 Å². The van der Waals surface area contributed by atoms with E-state index in [4.69, 9.17) is 0 Å². The minimum absolute atomic E-state index is 0.715. The second-order valence-corrected chi connectivity index (χ2v) is 10.2. The molecule has 0 aromatic heterocycles. The van der Waals surface area contributed by atoms with Crippen molar-refractivity contribution in [2.75, 3.05) is 66.0 Å². The van der Waals surface area contributed by atoms with Gasteiger partial charge < -0.3 is 4.90 Å². The summed E-state index contributed by atoms with van der Waals surface area (Å²) < 4.78 is 0. The highest BCUT2D eigenvalue weighted by atomic mass is 15.4. The fourth-order valence-electron chi connectivity index (χ4n) is 5.74. The summed E-state index contributed by atoms with van der Waals surface area (Å²) in [7, 11) is 2.24. The lowest BCUT2D eigenvalue weighted by Gasteiger charge is -2.52. The highest BCUT2D eigenvalue weighted by Crippen LogP contribution is 2.52. The Balaban J connectivity index is 1.13. The molecule has 150 valence electrons. The fourth-order valence-corrected chi connectivity index (χ4v) is 5.74. The van der Waals surface area contributed by atoms with Gasteiger partial charge in [0.1, 0.15) is 0 Å². The van der Waals surface area contributed by atoms with Gasteiger partial charge in [-0.15, -0.1) is 0 Å². The van der Waals surface area contributed by atoms with Crippen LogP contribution in [-0.2, 0) is 0 Å². The van der Waals surface area contributed by atoms with Gasteiger partial charge in [-0.25, -0.2) is 0 Å². The molecule has 4 rings (SSSR count). The van der Waals surface area contributed by atoms with E-state index in [2.05, 4.69) is 40.5 Å². The molecule has 4 heteroatoms. The zero-order chi connectivity index (χ0) is 18.1. The molecule has 3 saturated heterocycles. The van der Waals surface area contributed by atoms with Gasteiger partial charge in [0.15, 0.2) is 0 Å². The van der Waals surface area contributed by atoms with Crippen LogP contribution in [0.3, 0.4) is 0 Å². The molecule has 3 aliphatic heterocycles. The molecule has 0 aromatic rings. The molecule has 0 N–H and O–H groups in total. The molecule has 1 aliphatic carbocycles. The second-order valence-electron chi connectivity index (χ2n) is 10.2. The van der Waals surface area contributed by atoms with Crippen molar-refractivity contribution in [3.05, 3.63) is 0 Å². The van der Waals surface area contributed by atoms with Crippen LogP contribution in [0.15, 0.2) is 0 Å². The first-order chi connectivity index (χ1) is 12.6. The molecule has 3 heterocycles. The van der Waals surface area contributed by atoms with Gasteiger partial charge in [0, 0.05) is 71.0 Å². The minimum Gasteiger partial charge on any atom is -0.303 e. The van der Waals surface area contributed by atoms with Crippen LogP contribution >= 0.6 is 0 Å². The smallest absolute Gasteiger partial charge is 0.0351 e. The van der Waals surface area contributed by atoms with Crippen molar-refractivity contribution in [2.45, 2.75) is 64.5 Å². The van der Waals surface area contributed by atoms with E-state index in [-0.39, 0.29) is 0 Å². The van der Waals surface area contributed by atoms with E-state index in [1.165, 1.54) is 97.4 Å². The van der Waals surface area contributed by atoms with Crippen molar-refractivity contribution in [3.8, 4) is 0 Å². The van der Waals surface area contributed by atoms with Gasteiger partial charge in [0.05, 0.1) is 0 Å². The molecule has 1 saturated carbocycles. The Bertz CT molecular complexity index is 443. The summed E-state index contributed by atoms with van der Waals surface area (Å²) >= 11 is 0. The predicted molar refractivity (Wildman–Crippen MR) is 110 cm³/mol. The number of unbranched alkanes of at least 4 members (excludes halogenated alkanes) is 1. The lowest BCUT2D eigenvalue weighted by atomic mass is 9.88. The molecular weight excluding hydrogens is 320 g/mol. The van der Waals surface area contributed by atoms with Crippen LogP contribution in [0.4, 0.5) is 0 Å². The highest BCUT2D eigenvalue weighted by Gasteiger charge is 2.47. The van der Waals surface area contributed by atoms with E-state index in [1.54, 1.807) is 0 Å². The summed E-state index contributed by atoms with van der Waals surface area (Å²) in [6.07, 6.45) is 8.71. The Kier molecular flexibility index (Phi) is 5.95. The summed E-state index contributed by atoms with van der Waals surface area (Å²) in [6, 6.07) is 1.71. The Hall–Kier alpha value is -0.160. The molecule has 1 atom stereocenters. The monoisotopic (exact) mass is 362 g/mol. The van der Waals surface area contributed by atoms with Gasteiger partial charge in [0.2, 0.25) is 0 Å². The molecule has 4 fully saturated rings. The first kappa shape index (κ1) is 19.2. The summed E-state index contributed by atoms with van der Waals surface area (Å²) in [5, 5.41) is 0. The average Bonchev–Trinajstić information content (AvgIpc) is 3.33. The van der Waals surface area contributed by atoms with Gasteiger partial charge in [-0.1, -0.05) is 33.1 Å². The van der Waals surface area contributed by atoms with Crippen molar-refractivity contribution in [2.24, 2.45) is 11.3 Å². The van der Waals surface area contributed by atoms with E-state index in [9.17, 15) is 0 Å². The lowest BCUT2D eigenvalue weighted by molar-refractivity contribution is -0.0315. The molecule has 0 radical (unpaired) electrons. The topological polar surface area (TPSA) is 13.0 Å². The van der Waals surface area contributed by atoms with Crippen molar-refractivity contribution >= 4 is 0 Å². The molecule has 4 nitrogen and oxygen atoms in total. The minimum atomic E-state index is 0.715. The first-order valence-electron chi connectivity index (χ1n) is 11.5. The molecule has 4 aliphatic rings. The summed E-state index contributed by atoms with van der Waals surface area (Å²) in [5.41, 5.74) is 0.715. The van der Waals surface area contributed by atoms with Gasteiger partial charge in [-0.05, 0) is 37.6 Å². The number of hydrogen-bond donors (Lipinski definition) is 0. The number of piperazine rings is 1. The van der Waals surface area contributed by atoms with Crippen LogP contribution in [0.5, 0.6) is 0 Å². The molecule has 0 spiro atoms. The number of rotatable bonds is 9. The Morgan fingerprint density at radius 1 is 0.923 bits per heavy atom. The summed E-state index contributed by atoms with van der Waals surface area (Å²) in [4.78, 5) is 10.7. The van der Waals surface area contributed by atoms with Gasteiger partial charge in [-0.3, -0.25) is 14.7 Å². The highest BCUT2D eigenvalue weighted by molar-refractivity contribution is 5.01. The molecule has 0 aromatic carbocycles. The quantitative estimate of drug-likeness (QED) is 0.625. The van der Waals surface area contributed by atoms with Gasteiger partial charge in [-0.2, -0.15) is 0 Å². The number of hydrogen-bond acceptors (Lipinski definition) is 4. The number of likely N-dealkylation sites (tertiary alicyclic amines) is 2. The Labute approximate surface area is 161 Å². The molecule has 0 amide bonds. The SMILES string of the molecule is CCCCC(C)CC1(CN2CC(N3CCN(C4CN(C)C4)CC3)C2)CC1. The second kappa shape index (κ2) is 8.06. The van der Waals surface area contributed by atoms with Gasteiger partial charge in [0.25, 0.3) is 0 Å². The predicted octanol–water partition coefficient (Wildman–Crippen LogP) is 2.60. The van der Waals surface area contributed by atoms with Crippen LogP contribution < -0.4 is 0 Å². The molecule has 1 unspecified atom stereocenters. The third-order valence-electron chi connectivity index (χ3n) is 7.71. The van der Waals surface area contributed by atoms with E-state index < -0.39 is 0 Å². The van der Waals surface area contributed by atoms with Crippen LogP contribution in [0.1, 0.15) is 52.4 Å². The molecule has 0 bridgehead atoms. The average molecular weight is 363 g/mol. The number of likely N-dealkylation sites (N-methyl/N-ethyl adjacent to an activating group) is 1. The molecule has 26 heavy (non-hydrogen) atoms. The maximum absolute atomic E-state index is 2.79. The zero-order valence-corrected chi connectivity index (χ0v) is 17.6. The maximum atomic E-state index is 2.79. The van der Waals surface area contributed by atoms with Crippen LogP contribution in [-0.4, -0.2) is 97.6 Å². The standard InChI is InChI=1S/C22H42N4/c1-4-5-6-19(2)13-22(7-8-22)18-24-16-21(17-24)26-11-9-25(10-12-26)20-14-23(3)15-20/h19-21H,4-18H2,1-3H3. The normalized spacial score (nSPS) is 30.1. The van der Waals surface area contributed by atoms with Crippen molar-refractivity contribution in [1.29, 1.82) is 0 Å². The van der Waals surface area contributed by atoms with Crippen LogP contribution in [0.25, 0.3) is 0 Å². The van der Waals surface area contributed by atoms with Crippen molar-refractivity contribution in [3.63, 3.8) is 0 Å². The van der Waals surface area contributed by atoms with E-state index >= 15 is 0 Å². The van der Waals surface area contributed by atoms with E-state index in [0.29, 0.717) is 5.41 Å². The largest absolute Gasteiger partial charge is 0.303 e. The lowest BCUT2D eigenvalue weighted by Crippen LogP contribution is -2.66. The zero-order valence-electron chi connectivity index (χ0n) is 17.6. The van der Waals surface area contributed by atoms with E-state index in [1.807, 2.05) is 0 Å². The van der Waals surface area contributed by atoms with Gasteiger partial charge >= 0.3 is 0 Å². The van der Waals surface area contributed by atoms with Crippen molar-refractivity contribution in [1.82, 2.24) is 19.6 Å². The first-order valence-corrected chi connectivity index (χ1v) is 11.5. The van der Waals surface area contributed by atoms with Crippen LogP contribution in [0.2, 0.25) is 0 Å². The molecular formula is C22H42N4. The number of nitrogens with zero attached hydrogens (tertiary/aromatic N) is 4. The van der Waals surface area contributed by atoms with E-state index in [0.717, 1.165) is 18.0 Å². The third-order valence-corrected chi connectivity index (χ3v) is 7.71. The summed E-state index contributed by atoms with van der Waals surface area (Å²) in [5.74, 6) is 0.938. The third kappa shape index (κ3) is 4.45. The van der Waals surface area contributed by atoms with Crippen molar-refractivity contribution < 1.29 is 0 Å². The Morgan fingerprint density at radius 2 is 1.50 bits per heavy atom. The maximum Gasteiger partial charge on any atom is 0.0351 e. The summed E-state index contributed by atoms with van der Waals surface area (Å²) in [6.45, 7) is 16.7. The fraction of sp³-hybridized carbons (Fsp3) is 1.00.